The third kappa shape index (κ3) is 13.5. The van der Waals surface area contributed by atoms with Crippen LogP contribution in [0.15, 0.2) is 122 Å². The number of benzene rings is 1. The molecule has 3 radical (unpaired) electrons. The summed E-state index contributed by atoms with van der Waals surface area (Å²) >= 11 is 5.35. The Hall–Kier alpha value is -3.77. The van der Waals surface area contributed by atoms with E-state index in [1.165, 1.54) is 5.56 Å². The van der Waals surface area contributed by atoms with Gasteiger partial charge in [0.25, 0.3) is 0 Å². The molecule has 2 N–H and O–H groups in total. The Kier molecular flexibility index (Phi) is 16.6. The van der Waals surface area contributed by atoms with E-state index in [1.807, 2.05) is 56.1 Å². The molecule has 1 fully saturated rings. The number of anilines is 1. The maximum absolute atomic E-state index is 5.35. The zero-order valence-electron chi connectivity index (χ0n) is 30.5. The second kappa shape index (κ2) is 21.8. The standard InChI is InChI=1S/C41H50N10S.Bi/c1-42-41(52)47-35-16-14-34(15-17-35)28-40-33-50(31-38-12-4-8-20-45-38)25-24-48(29-36-10-2-6-18-43-36)22-23-49(30-37-11-3-7-19-44-37)26-27-51(40)32-39-13-5-9-21-46-39;/h2-21,40H,22-33H2,1H3,(H2,42,47,52);/i;1+4. The number of pyridine rings is 4. The first kappa shape index (κ1) is 40.4. The first-order chi connectivity index (χ1) is 25.6. The number of thiocarbonyl (C=S) groups is 1. The molecule has 10 nitrogen and oxygen atoms in total. The molecule has 1 aliphatic rings. The number of aromatic nitrogens is 4. The van der Waals surface area contributed by atoms with E-state index in [4.69, 9.17) is 32.2 Å². The Morgan fingerprint density at radius 3 is 1.47 bits per heavy atom. The second-order valence-electron chi connectivity index (χ2n) is 13.3. The van der Waals surface area contributed by atoms with Crippen molar-refractivity contribution in [1.82, 2.24) is 44.9 Å². The van der Waals surface area contributed by atoms with Gasteiger partial charge in [-0.15, -0.1) is 0 Å². The normalized spacial score (nSPS) is 16.8. The van der Waals surface area contributed by atoms with E-state index < -0.39 is 0 Å². The minimum absolute atomic E-state index is 0. The van der Waals surface area contributed by atoms with Gasteiger partial charge >= 0.3 is 0 Å². The van der Waals surface area contributed by atoms with Gasteiger partial charge in [-0.2, -0.15) is 0 Å². The van der Waals surface area contributed by atoms with Gasteiger partial charge in [-0.3, -0.25) is 39.5 Å². The van der Waals surface area contributed by atoms with Crippen molar-refractivity contribution >= 4 is 49.2 Å². The average Bonchev–Trinajstić information content (AvgIpc) is 3.18. The molecule has 4 aromatic heterocycles. The number of hydrogen-bond donors (Lipinski definition) is 2. The van der Waals surface area contributed by atoms with Crippen LogP contribution >= 0.6 is 12.2 Å². The summed E-state index contributed by atoms with van der Waals surface area (Å²) in [5, 5.41) is 6.86. The van der Waals surface area contributed by atoms with E-state index >= 15 is 0 Å². The molecule has 1 unspecified atom stereocenters. The number of nitrogens with one attached hydrogen (secondary N) is 2. The molecule has 1 aliphatic heterocycles. The van der Waals surface area contributed by atoms with Gasteiger partial charge < -0.3 is 10.6 Å². The average molecular weight is 928 g/mol. The molecule has 12 heteroatoms. The van der Waals surface area contributed by atoms with Crippen molar-refractivity contribution in [2.24, 2.45) is 0 Å². The molecule has 0 spiro atoms. The van der Waals surface area contributed by atoms with Crippen LogP contribution in [0.25, 0.3) is 0 Å². The van der Waals surface area contributed by atoms with Crippen molar-refractivity contribution in [2.45, 2.75) is 38.6 Å². The summed E-state index contributed by atoms with van der Waals surface area (Å²) in [6.07, 6.45) is 8.48. The molecule has 0 saturated carbocycles. The number of rotatable bonds is 11. The molecule has 1 atom stereocenters. The smallest absolute Gasteiger partial charge is 0.170 e. The van der Waals surface area contributed by atoms with Crippen molar-refractivity contribution in [3.63, 3.8) is 0 Å². The molecule has 0 bridgehead atoms. The van der Waals surface area contributed by atoms with E-state index in [0.29, 0.717) is 5.11 Å². The predicted octanol–water partition coefficient (Wildman–Crippen LogP) is 4.74. The van der Waals surface area contributed by atoms with Crippen molar-refractivity contribution in [2.75, 3.05) is 58.2 Å². The van der Waals surface area contributed by atoms with Crippen LogP contribution in [0.1, 0.15) is 28.3 Å². The third-order valence-electron chi connectivity index (χ3n) is 9.49. The van der Waals surface area contributed by atoms with Crippen LogP contribution in [-0.2, 0) is 32.6 Å². The fraction of sp³-hybridized carbons (Fsp3) is 0.341. The monoisotopic (exact) mass is 927 g/mol. The van der Waals surface area contributed by atoms with Crippen LogP contribution in [0, 0.1) is 0 Å². The Labute approximate surface area is 339 Å². The van der Waals surface area contributed by atoms with Gasteiger partial charge in [0, 0.05) is 142 Å². The van der Waals surface area contributed by atoms with Crippen molar-refractivity contribution in [1.29, 1.82) is 0 Å². The number of nitrogens with zero attached hydrogens (tertiary/aromatic N) is 8. The van der Waals surface area contributed by atoms with Crippen LogP contribution in [-0.4, -0.2) is 130 Å². The second-order valence-corrected chi connectivity index (χ2v) is 13.7. The molecule has 1 saturated heterocycles. The van der Waals surface area contributed by atoms with Gasteiger partial charge in [-0.25, -0.2) is 0 Å². The Morgan fingerprint density at radius 2 is 1.02 bits per heavy atom. The summed E-state index contributed by atoms with van der Waals surface area (Å²) in [5.41, 5.74) is 6.60. The zero-order chi connectivity index (χ0) is 35.8. The van der Waals surface area contributed by atoms with Crippen LogP contribution < -0.4 is 10.6 Å². The summed E-state index contributed by atoms with van der Waals surface area (Å²) in [6, 6.07) is 33.7. The van der Waals surface area contributed by atoms with E-state index in [1.54, 1.807) is 0 Å². The van der Waals surface area contributed by atoms with Gasteiger partial charge in [-0.1, -0.05) is 36.4 Å². The van der Waals surface area contributed by atoms with Crippen LogP contribution in [0.3, 0.4) is 0 Å². The molecule has 5 aromatic rings. The third-order valence-corrected chi connectivity index (χ3v) is 9.80. The SMILES string of the molecule is CNC(=S)Nc1ccc(CC2CN(Cc3ccccn3)CCN(Cc3ccccn3)CCN(Cc3ccccn3)CCN2Cc2ccccn2)cc1.[213Bi]. The summed E-state index contributed by atoms with van der Waals surface area (Å²) < 4.78 is 0. The largest absolute Gasteiger partial charge is 0.366 e. The predicted molar refractivity (Wildman–Crippen MR) is 218 cm³/mol. The summed E-state index contributed by atoms with van der Waals surface area (Å²) in [6.45, 7) is 9.51. The Morgan fingerprint density at radius 1 is 0.585 bits per heavy atom. The fourth-order valence-corrected chi connectivity index (χ4v) is 6.78. The minimum atomic E-state index is 0. The summed E-state index contributed by atoms with van der Waals surface area (Å²) in [5.74, 6) is 0. The van der Waals surface area contributed by atoms with Crippen molar-refractivity contribution in [3.8, 4) is 0 Å². The molecule has 5 heterocycles. The molecule has 53 heavy (non-hydrogen) atoms. The molecule has 0 amide bonds. The summed E-state index contributed by atoms with van der Waals surface area (Å²) in [7, 11) is 1.83. The first-order valence-corrected chi connectivity index (χ1v) is 18.6. The molecular weight excluding hydrogens is 878 g/mol. The quantitative estimate of drug-likeness (QED) is 0.143. The summed E-state index contributed by atoms with van der Waals surface area (Å²) in [4.78, 5) is 29.3. The molecule has 275 valence electrons. The van der Waals surface area contributed by atoms with Crippen LogP contribution in [0.5, 0.6) is 0 Å². The minimum Gasteiger partial charge on any atom is -0.366 e. The van der Waals surface area contributed by atoms with E-state index in [9.17, 15) is 0 Å². The maximum Gasteiger partial charge on any atom is 0.170 e. The molecule has 6 rings (SSSR count). The van der Waals surface area contributed by atoms with Crippen molar-refractivity contribution in [3.05, 3.63) is 150 Å². The van der Waals surface area contributed by atoms with Gasteiger partial charge in [0.05, 0.1) is 22.8 Å². The molecular formula is C41H50BiN10S. The van der Waals surface area contributed by atoms with E-state index in [-0.39, 0.29) is 32.2 Å². The maximum atomic E-state index is 5.35. The van der Waals surface area contributed by atoms with Crippen LogP contribution in [0.2, 0.25) is 0 Å². The van der Waals surface area contributed by atoms with Gasteiger partial charge in [0.1, 0.15) is 0 Å². The van der Waals surface area contributed by atoms with Gasteiger partial charge in [0.2, 0.25) is 0 Å². The Bertz CT molecular complexity index is 1750. The number of hydrogen-bond acceptors (Lipinski definition) is 9. The first-order valence-electron chi connectivity index (χ1n) is 18.2. The van der Waals surface area contributed by atoms with Gasteiger partial charge in [0.15, 0.2) is 5.11 Å². The van der Waals surface area contributed by atoms with E-state index in [0.717, 1.165) is 107 Å². The zero-order valence-corrected chi connectivity index (χ0v) is 34.8. The molecule has 0 aliphatic carbocycles. The fourth-order valence-electron chi connectivity index (χ4n) is 6.66. The van der Waals surface area contributed by atoms with Crippen LogP contribution in [0.4, 0.5) is 5.69 Å². The van der Waals surface area contributed by atoms with Gasteiger partial charge in [-0.05, 0) is 84.9 Å². The van der Waals surface area contributed by atoms with E-state index in [2.05, 4.69) is 103 Å². The Balaban J connectivity index is 0.00000541. The topological polar surface area (TPSA) is 88.6 Å². The molecule has 1 aromatic carbocycles. The van der Waals surface area contributed by atoms with Crippen molar-refractivity contribution < 1.29 is 0 Å².